The molecule has 62 valence electrons. The Balaban J connectivity index is 3.07. The summed E-state index contributed by atoms with van der Waals surface area (Å²) in [6, 6.07) is 0. The first kappa shape index (κ1) is 10.0. The predicted molar refractivity (Wildman–Crippen MR) is 47.0 cm³/mol. The van der Waals surface area contributed by atoms with Crippen LogP contribution in [-0.4, -0.2) is 0 Å². The molecule has 0 aromatic rings. The summed E-state index contributed by atoms with van der Waals surface area (Å²) in [5.74, 6) is 0. The molecule has 0 heterocycles. The molecule has 0 aliphatic heterocycles. The number of nitrogens with zero attached hydrogens (tertiary/aromatic N) is 3. The molecule has 0 N–H and O–H groups in total. The van der Waals surface area contributed by atoms with E-state index in [0.717, 1.165) is 6.42 Å². The van der Waals surface area contributed by atoms with Gasteiger partial charge in [0.1, 0.15) is 0 Å². The Morgan fingerprint density at radius 2 is 2.18 bits per heavy atom. The SMILES string of the molecule is CCCCCC/C=C/N=[N+]=[N-]. The van der Waals surface area contributed by atoms with E-state index in [1.54, 1.807) is 0 Å². The van der Waals surface area contributed by atoms with Gasteiger partial charge in [0.05, 0.1) is 0 Å². The first-order chi connectivity index (χ1) is 5.41. The summed E-state index contributed by atoms with van der Waals surface area (Å²) < 4.78 is 0. The predicted octanol–water partition coefficient (Wildman–Crippen LogP) is 3.78. The summed E-state index contributed by atoms with van der Waals surface area (Å²) in [4.78, 5) is 2.61. The summed E-state index contributed by atoms with van der Waals surface area (Å²) in [6.45, 7) is 2.19. The van der Waals surface area contributed by atoms with Gasteiger partial charge in [0, 0.05) is 4.91 Å². The van der Waals surface area contributed by atoms with Crippen LogP contribution >= 0.6 is 0 Å². The average Bonchev–Trinajstić information content (AvgIpc) is 2.03. The van der Waals surface area contributed by atoms with Crippen LogP contribution in [0.25, 0.3) is 10.4 Å². The van der Waals surface area contributed by atoms with Gasteiger partial charge in [0.2, 0.25) is 0 Å². The van der Waals surface area contributed by atoms with E-state index < -0.39 is 0 Å². The van der Waals surface area contributed by atoms with E-state index in [4.69, 9.17) is 5.53 Å². The van der Waals surface area contributed by atoms with Gasteiger partial charge < -0.3 is 0 Å². The van der Waals surface area contributed by atoms with Crippen molar-refractivity contribution in [3.05, 3.63) is 22.7 Å². The third kappa shape index (κ3) is 9.05. The van der Waals surface area contributed by atoms with Crippen molar-refractivity contribution in [2.24, 2.45) is 5.11 Å². The monoisotopic (exact) mass is 153 g/mol. The quantitative estimate of drug-likeness (QED) is 0.241. The molecule has 0 rings (SSSR count). The molecule has 0 saturated heterocycles. The number of azide groups is 1. The fourth-order valence-electron chi connectivity index (χ4n) is 0.840. The van der Waals surface area contributed by atoms with E-state index in [-0.39, 0.29) is 0 Å². The van der Waals surface area contributed by atoms with Gasteiger partial charge in [-0.3, -0.25) is 0 Å². The van der Waals surface area contributed by atoms with Crippen LogP contribution in [-0.2, 0) is 0 Å². The standard InChI is InChI=1S/C8H15N3/c1-2-3-4-5-6-7-8-10-11-9/h7-8H,2-6H2,1H3/b8-7+. The fourth-order valence-corrected chi connectivity index (χ4v) is 0.840. The van der Waals surface area contributed by atoms with Gasteiger partial charge in [-0.15, -0.1) is 0 Å². The van der Waals surface area contributed by atoms with Gasteiger partial charge in [-0.1, -0.05) is 37.4 Å². The number of allylic oxidation sites excluding steroid dienone is 1. The highest BCUT2D eigenvalue weighted by Crippen LogP contribution is 2.02. The van der Waals surface area contributed by atoms with Gasteiger partial charge in [0.15, 0.2) is 0 Å². The highest BCUT2D eigenvalue weighted by atomic mass is 15.1. The number of rotatable bonds is 6. The molecule has 0 aromatic heterocycles. The van der Waals surface area contributed by atoms with E-state index >= 15 is 0 Å². The molecule has 0 aromatic carbocycles. The van der Waals surface area contributed by atoms with E-state index in [1.165, 1.54) is 31.9 Å². The minimum atomic E-state index is 1.03. The maximum atomic E-state index is 7.91. The lowest BCUT2D eigenvalue weighted by molar-refractivity contribution is 0.674. The lowest BCUT2D eigenvalue weighted by Gasteiger charge is -1.92. The Morgan fingerprint density at radius 1 is 1.36 bits per heavy atom. The van der Waals surface area contributed by atoms with Gasteiger partial charge in [-0.05, 0) is 24.6 Å². The smallest absolute Gasteiger partial charge is 0.00474 e. The van der Waals surface area contributed by atoms with Crippen LogP contribution in [0.4, 0.5) is 0 Å². The first-order valence-electron chi connectivity index (χ1n) is 4.11. The Morgan fingerprint density at radius 3 is 2.82 bits per heavy atom. The van der Waals surface area contributed by atoms with Crippen LogP contribution in [0.5, 0.6) is 0 Å². The molecule has 0 atom stereocenters. The molecule has 0 fully saturated rings. The molecule has 0 spiro atoms. The molecule has 11 heavy (non-hydrogen) atoms. The van der Waals surface area contributed by atoms with Crippen molar-refractivity contribution < 1.29 is 0 Å². The van der Waals surface area contributed by atoms with Crippen molar-refractivity contribution in [1.82, 2.24) is 0 Å². The van der Waals surface area contributed by atoms with Crippen molar-refractivity contribution in [2.45, 2.75) is 39.0 Å². The van der Waals surface area contributed by atoms with Crippen molar-refractivity contribution in [3.63, 3.8) is 0 Å². The fraction of sp³-hybridized carbons (Fsp3) is 0.750. The highest BCUT2D eigenvalue weighted by molar-refractivity contribution is 4.79. The Bertz CT molecular complexity index is 145. The number of hydrogen-bond donors (Lipinski definition) is 0. The van der Waals surface area contributed by atoms with Gasteiger partial charge in [-0.25, -0.2) is 0 Å². The van der Waals surface area contributed by atoms with Gasteiger partial charge >= 0.3 is 0 Å². The maximum absolute atomic E-state index is 7.91. The molecular weight excluding hydrogens is 138 g/mol. The highest BCUT2D eigenvalue weighted by Gasteiger charge is 1.82. The normalized spacial score (nSPS) is 9.91. The lowest BCUT2D eigenvalue weighted by Crippen LogP contribution is -1.72. The minimum Gasteiger partial charge on any atom is -0.0823 e. The Kier molecular flexibility index (Phi) is 8.27. The molecule has 3 nitrogen and oxygen atoms in total. The van der Waals surface area contributed by atoms with Crippen LogP contribution in [0, 0.1) is 0 Å². The molecule has 0 aliphatic carbocycles. The van der Waals surface area contributed by atoms with Crippen LogP contribution in [0.2, 0.25) is 0 Å². The summed E-state index contributed by atoms with van der Waals surface area (Å²) in [5.41, 5.74) is 7.91. The molecule has 0 aliphatic rings. The summed E-state index contributed by atoms with van der Waals surface area (Å²) >= 11 is 0. The van der Waals surface area contributed by atoms with E-state index in [9.17, 15) is 0 Å². The van der Waals surface area contributed by atoms with E-state index in [1.807, 2.05) is 6.08 Å². The number of hydrogen-bond acceptors (Lipinski definition) is 1. The largest absolute Gasteiger partial charge is 0.0823 e. The van der Waals surface area contributed by atoms with Crippen molar-refractivity contribution >= 4 is 0 Å². The second-order valence-corrected chi connectivity index (χ2v) is 2.44. The zero-order valence-electron chi connectivity index (χ0n) is 7.03. The summed E-state index contributed by atoms with van der Waals surface area (Å²) in [5, 5.41) is 3.29. The molecule has 0 saturated carbocycles. The maximum Gasteiger partial charge on any atom is 0.00474 e. The zero-order chi connectivity index (χ0) is 8.36. The molecule has 0 bridgehead atoms. The minimum absolute atomic E-state index is 1.03. The zero-order valence-corrected chi connectivity index (χ0v) is 7.03. The van der Waals surface area contributed by atoms with Crippen molar-refractivity contribution in [3.8, 4) is 0 Å². The Hall–Kier alpha value is -0.950. The first-order valence-corrected chi connectivity index (χ1v) is 4.11. The number of unbranched alkanes of at least 4 members (excludes halogenated alkanes) is 4. The second-order valence-electron chi connectivity index (χ2n) is 2.44. The van der Waals surface area contributed by atoms with Gasteiger partial charge in [0.25, 0.3) is 0 Å². The average molecular weight is 153 g/mol. The molecule has 0 unspecified atom stereocenters. The van der Waals surface area contributed by atoms with Crippen LogP contribution in [0.3, 0.4) is 0 Å². The van der Waals surface area contributed by atoms with E-state index in [2.05, 4.69) is 16.9 Å². The third-order valence-electron chi connectivity index (χ3n) is 1.45. The van der Waals surface area contributed by atoms with Gasteiger partial charge in [-0.2, -0.15) is 0 Å². The molecule has 3 heteroatoms. The summed E-state index contributed by atoms with van der Waals surface area (Å²) in [6.07, 6.45) is 9.50. The second kappa shape index (κ2) is 9.05. The lowest BCUT2D eigenvalue weighted by atomic mass is 10.1. The van der Waals surface area contributed by atoms with Crippen LogP contribution in [0.1, 0.15) is 39.0 Å². The van der Waals surface area contributed by atoms with Crippen LogP contribution < -0.4 is 0 Å². The molecule has 0 radical (unpaired) electrons. The van der Waals surface area contributed by atoms with Crippen molar-refractivity contribution in [2.75, 3.05) is 0 Å². The van der Waals surface area contributed by atoms with Crippen molar-refractivity contribution in [1.29, 1.82) is 0 Å². The molecular formula is C8H15N3. The topological polar surface area (TPSA) is 48.8 Å². The molecule has 0 amide bonds. The van der Waals surface area contributed by atoms with E-state index in [0.29, 0.717) is 0 Å². The summed E-state index contributed by atoms with van der Waals surface area (Å²) in [7, 11) is 0. The third-order valence-corrected chi connectivity index (χ3v) is 1.45. The Labute approximate surface area is 67.7 Å². The van der Waals surface area contributed by atoms with Crippen LogP contribution in [0.15, 0.2) is 17.4 Å².